The molecule has 0 heterocycles. The minimum absolute atomic E-state index is 0.346. The molecule has 1 aliphatic carbocycles. The van der Waals surface area contributed by atoms with Crippen molar-refractivity contribution >= 4 is 17.3 Å². The van der Waals surface area contributed by atoms with E-state index in [1.165, 1.54) is 12.8 Å². The molecule has 0 aliphatic heterocycles. The first kappa shape index (κ1) is 15.6. The number of nitrogens with two attached hydrogens (primary N) is 1. The third-order valence-electron chi connectivity index (χ3n) is 3.97. The Bertz CT molecular complexity index is 500. The molecule has 2 rings (SSSR count). The van der Waals surface area contributed by atoms with Crippen LogP contribution in [-0.4, -0.2) is 43.2 Å². The Morgan fingerprint density at radius 3 is 2.86 bits per heavy atom. The molecule has 0 amide bonds. The molecule has 5 nitrogen and oxygen atoms in total. The molecule has 1 atom stereocenters. The predicted octanol–water partition coefficient (Wildman–Crippen LogP) is 2.34. The molecular formula is C16H25N3O2. The van der Waals surface area contributed by atoms with Crippen LogP contribution in [0.4, 0.5) is 11.4 Å². The van der Waals surface area contributed by atoms with E-state index in [1.54, 1.807) is 19.1 Å². The summed E-state index contributed by atoms with van der Waals surface area (Å²) in [5.74, 6) is -0.373. The van der Waals surface area contributed by atoms with Gasteiger partial charge in [0.25, 0.3) is 0 Å². The predicted molar refractivity (Wildman–Crippen MR) is 85.5 cm³/mol. The first-order valence-corrected chi connectivity index (χ1v) is 7.55. The molecule has 3 N–H and O–H groups in total. The highest BCUT2D eigenvalue weighted by Gasteiger charge is 2.28. The van der Waals surface area contributed by atoms with Gasteiger partial charge < -0.3 is 15.8 Å². The van der Waals surface area contributed by atoms with E-state index >= 15 is 0 Å². The van der Waals surface area contributed by atoms with Crippen molar-refractivity contribution in [3.8, 4) is 0 Å². The lowest BCUT2D eigenvalue weighted by Gasteiger charge is -2.25. The fraction of sp³-hybridized carbons (Fsp3) is 0.562. The van der Waals surface area contributed by atoms with Crippen LogP contribution in [-0.2, 0) is 4.74 Å². The quantitative estimate of drug-likeness (QED) is 0.596. The molecule has 1 aliphatic rings. The largest absolute Gasteiger partial charge is 0.462 e. The van der Waals surface area contributed by atoms with Crippen LogP contribution in [0, 0.1) is 0 Å². The molecule has 1 aromatic rings. The minimum Gasteiger partial charge on any atom is -0.462 e. The van der Waals surface area contributed by atoms with Gasteiger partial charge in [0.05, 0.1) is 12.2 Å². The average molecular weight is 291 g/mol. The van der Waals surface area contributed by atoms with Crippen molar-refractivity contribution in [3.63, 3.8) is 0 Å². The highest BCUT2D eigenvalue weighted by molar-refractivity contribution is 5.96. The summed E-state index contributed by atoms with van der Waals surface area (Å²) in [6, 6.07) is 6.58. The summed E-state index contributed by atoms with van der Waals surface area (Å²) in [6.45, 7) is 5.17. The maximum atomic E-state index is 11.8. The van der Waals surface area contributed by atoms with Crippen molar-refractivity contribution in [2.24, 2.45) is 0 Å². The highest BCUT2D eigenvalue weighted by atomic mass is 16.5. The Hall–Kier alpha value is -1.75. The maximum Gasteiger partial charge on any atom is 0.340 e. The molecule has 0 saturated heterocycles. The lowest BCUT2D eigenvalue weighted by Crippen LogP contribution is -2.36. The molecular weight excluding hydrogens is 266 g/mol. The number of esters is 1. The number of hydrogen-bond donors (Lipinski definition) is 2. The number of benzene rings is 1. The summed E-state index contributed by atoms with van der Waals surface area (Å²) in [7, 11) is 2.16. The zero-order valence-electron chi connectivity index (χ0n) is 13.1. The number of nitrogens with one attached hydrogen (secondary N) is 1. The summed E-state index contributed by atoms with van der Waals surface area (Å²) in [5.41, 5.74) is 7.60. The van der Waals surface area contributed by atoms with Crippen LogP contribution >= 0.6 is 0 Å². The van der Waals surface area contributed by atoms with Gasteiger partial charge >= 0.3 is 5.97 Å². The first-order valence-electron chi connectivity index (χ1n) is 7.55. The third-order valence-corrected chi connectivity index (χ3v) is 3.97. The van der Waals surface area contributed by atoms with E-state index in [-0.39, 0.29) is 5.97 Å². The van der Waals surface area contributed by atoms with E-state index in [0.717, 1.165) is 18.3 Å². The molecule has 0 bridgehead atoms. The molecule has 0 radical (unpaired) electrons. The van der Waals surface area contributed by atoms with Crippen molar-refractivity contribution < 1.29 is 9.53 Å². The molecule has 1 unspecified atom stereocenters. The minimum atomic E-state index is -0.373. The van der Waals surface area contributed by atoms with Gasteiger partial charge in [-0.25, -0.2) is 4.79 Å². The van der Waals surface area contributed by atoms with E-state index < -0.39 is 0 Å². The number of anilines is 2. The molecule has 116 valence electrons. The summed E-state index contributed by atoms with van der Waals surface area (Å²) >= 11 is 0. The van der Waals surface area contributed by atoms with Crippen molar-refractivity contribution in [3.05, 3.63) is 23.8 Å². The number of carbonyl (C=O) groups is 1. The Morgan fingerprint density at radius 1 is 1.52 bits per heavy atom. The second-order valence-corrected chi connectivity index (χ2v) is 5.65. The van der Waals surface area contributed by atoms with Gasteiger partial charge in [0.15, 0.2) is 0 Å². The number of likely N-dealkylation sites (N-methyl/N-ethyl adjacent to an activating group) is 1. The van der Waals surface area contributed by atoms with Gasteiger partial charge in [-0.15, -0.1) is 0 Å². The smallest absolute Gasteiger partial charge is 0.340 e. The van der Waals surface area contributed by atoms with Crippen LogP contribution in [0.1, 0.15) is 37.0 Å². The monoisotopic (exact) mass is 291 g/mol. The van der Waals surface area contributed by atoms with Crippen LogP contribution in [0.15, 0.2) is 18.2 Å². The molecule has 0 spiro atoms. The van der Waals surface area contributed by atoms with Gasteiger partial charge in [-0.2, -0.15) is 0 Å². The fourth-order valence-electron chi connectivity index (χ4n) is 2.30. The van der Waals surface area contributed by atoms with Gasteiger partial charge in [-0.05, 0) is 51.9 Å². The Labute approximate surface area is 126 Å². The first-order chi connectivity index (χ1) is 10.0. The number of nitrogen functional groups attached to an aromatic ring is 1. The molecule has 1 saturated carbocycles. The van der Waals surface area contributed by atoms with Gasteiger partial charge in [0.2, 0.25) is 0 Å². The van der Waals surface area contributed by atoms with Gasteiger partial charge in [0.1, 0.15) is 0 Å². The van der Waals surface area contributed by atoms with Crippen LogP contribution in [0.25, 0.3) is 0 Å². The van der Waals surface area contributed by atoms with Gasteiger partial charge in [-0.3, -0.25) is 4.90 Å². The molecule has 1 fully saturated rings. The Balaban J connectivity index is 1.96. The summed E-state index contributed by atoms with van der Waals surface area (Å²) in [5, 5.41) is 3.37. The van der Waals surface area contributed by atoms with Gasteiger partial charge in [0, 0.05) is 30.0 Å². The van der Waals surface area contributed by atoms with E-state index in [0.29, 0.717) is 23.9 Å². The van der Waals surface area contributed by atoms with E-state index in [4.69, 9.17) is 10.5 Å². The van der Waals surface area contributed by atoms with Crippen molar-refractivity contribution in [2.45, 2.75) is 38.8 Å². The molecule has 5 heteroatoms. The maximum absolute atomic E-state index is 11.8. The number of hydrogen-bond acceptors (Lipinski definition) is 5. The van der Waals surface area contributed by atoms with E-state index in [9.17, 15) is 4.79 Å². The fourth-order valence-corrected chi connectivity index (χ4v) is 2.30. The Kier molecular flexibility index (Phi) is 5.07. The summed E-state index contributed by atoms with van der Waals surface area (Å²) < 4.78 is 5.01. The van der Waals surface area contributed by atoms with E-state index in [2.05, 4.69) is 24.2 Å². The zero-order valence-corrected chi connectivity index (χ0v) is 13.1. The molecule has 21 heavy (non-hydrogen) atoms. The third kappa shape index (κ3) is 4.11. The average Bonchev–Trinajstić information content (AvgIpc) is 3.30. The lowest BCUT2D eigenvalue weighted by molar-refractivity contribution is 0.0527. The van der Waals surface area contributed by atoms with Gasteiger partial charge in [-0.1, -0.05) is 0 Å². The zero-order chi connectivity index (χ0) is 15.4. The number of rotatable bonds is 7. The van der Waals surface area contributed by atoms with Crippen molar-refractivity contribution in [1.29, 1.82) is 0 Å². The lowest BCUT2D eigenvalue weighted by atomic mass is 10.1. The Morgan fingerprint density at radius 2 is 2.24 bits per heavy atom. The topological polar surface area (TPSA) is 67.6 Å². The number of carbonyl (C=O) groups excluding carboxylic acids is 1. The van der Waals surface area contributed by atoms with Crippen LogP contribution in [0.5, 0.6) is 0 Å². The summed E-state index contributed by atoms with van der Waals surface area (Å²) in [6.07, 6.45) is 2.60. The summed E-state index contributed by atoms with van der Waals surface area (Å²) in [4.78, 5) is 14.2. The number of ether oxygens (including phenoxy) is 1. The van der Waals surface area contributed by atoms with Crippen molar-refractivity contribution in [1.82, 2.24) is 4.90 Å². The second kappa shape index (κ2) is 6.80. The van der Waals surface area contributed by atoms with Crippen LogP contribution < -0.4 is 11.1 Å². The van der Waals surface area contributed by atoms with Crippen molar-refractivity contribution in [2.75, 3.05) is 31.2 Å². The van der Waals surface area contributed by atoms with E-state index in [1.807, 2.05) is 6.07 Å². The van der Waals surface area contributed by atoms with Crippen LogP contribution in [0.3, 0.4) is 0 Å². The SMILES string of the molecule is CCOC(=O)c1cc(NCC(C)N(C)C2CC2)ccc1N. The normalized spacial score (nSPS) is 15.8. The highest BCUT2D eigenvalue weighted by Crippen LogP contribution is 2.27. The standard InChI is InChI=1S/C16H25N3O2/c1-4-21-16(20)14-9-12(5-8-15(14)17)18-10-11(2)19(3)13-6-7-13/h5,8-9,11,13,18H,4,6-7,10,17H2,1-3H3. The number of nitrogens with zero attached hydrogens (tertiary/aromatic N) is 1. The van der Waals surface area contributed by atoms with Crippen LogP contribution in [0.2, 0.25) is 0 Å². The second-order valence-electron chi connectivity index (χ2n) is 5.65. The molecule has 1 aromatic carbocycles. The molecule has 0 aromatic heterocycles.